The Morgan fingerprint density at radius 3 is 2.50 bits per heavy atom. The second-order valence-corrected chi connectivity index (χ2v) is 3.23. The van der Waals surface area contributed by atoms with Crippen LogP contribution in [0.15, 0.2) is 18.2 Å². The van der Waals surface area contributed by atoms with Crippen molar-refractivity contribution in [2.45, 2.75) is 12.3 Å². The number of rotatable bonds is 3. The van der Waals surface area contributed by atoms with Crippen molar-refractivity contribution in [3.05, 3.63) is 34.6 Å². The van der Waals surface area contributed by atoms with Crippen molar-refractivity contribution in [2.75, 3.05) is 6.54 Å². The van der Waals surface area contributed by atoms with E-state index in [4.69, 9.17) is 17.3 Å². The van der Waals surface area contributed by atoms with Gasteiger partial charge in [-0.2, -0.15) is 0 Å². The molecule has 78 valence electrons. The van der Waals surface area contributed by atoms with Crippen molar-refractivity contribution in [3.63, 3.8) is 0 Å². The second kappa shape index (κ2) is 4.66. The first-order valence-electron chi connectivity index (χ1n) is 4.00. The summed E-state index contributed by atoms with van der Waals surface area (Å²) in [6.07, 6.45) is -2.69. The molecule has 0 bridgehead atoms. The van der Waals surface area contributed by atoms with Gasteiger partial charge in [-0.05, 0) is 11.6 Å². The van der Waals surface area contributed by atoms with Crippen molar-refractivity contribution in [2.24, 2.45) is 5.73 Å². The van der Waals surface area contributed by atoms with E-state index in [9.17, 15) is 13.2 Å². The van der Waals surface area contributed by atoms with Crippen LogP contribution in [0.3, 0.4) is 0 Å². The number of halogens is 4. The highest BCUT2D eigenvalue weighted by Crippen LogP contribution is 2.28. The average molecular weight is 224 g/mol. The largest absolute Gasteiger partial charge is 0.330 e. The van der Waals surface area contributed by atoms with Gasteiger partial charge in [-0.1, -0.05) is 23.7 Å². The molecule has 0 saturated carbocycles. The summed E-state index contributed by atoms with van der Waals surface area (Å²) in [5.41, 5.74) is 5.01. The molecule has 1 rings (SSSR count). The molecule has 1 nitrogen and oxygen atoms in total. The summed E-state index contributed by atoms with van der Waals surface area (Å²) in [6.45, 7) is -0.311. The minimum atomic E-state index is -2.69. The van der Waals surface area contributed by atoms with Gasteiger partial charge in [-0.3, -0.25) is 0 Å². The Bertz CT molecular complexity index is 317. The molecule has 0 aliphatic carbocycles. The lowest BCUT2D eigenvalue weighted by Gasteiger charge is -2.15. The van der Waals surface area contributed by atoms with E-state index in [1.807, 2.05) is 0 Å². The SMILES string of the molecule is NCC(c1cccc(Cl)c1F)C(F)F. The molecule has 2 N–H and O–H groups in total. The Hall–Kier alpha value is -0.740. The molecule has 5 heteroatoms. The Morgan fingerprint density at radius 1 is 1.36 bits per heavy atom. The van der Waals surface area contributed by atoms with Gasteiger partial charge in [0, 0.05) is 6.54 Å². The molecule has 0 radical (unpaired) electrons. The van der Waals surface area contributed by atoms with E-state index in [1.165, 1.54) is 18.2 Å². The first-order chi connectivity index (χ1) is 6.57. The maximum Gasteiger partial charge on any atom is 0.246 e. The molecule has 1 aromatic rings. The fourth-order valence-electron chi connectivity index (χ4n) is 1.17. The average Bonchev–Trinajstić information content (AvgIpc) is 2.13. The van der Waals surface area contributed by atoms with E-state index in [2.05, 4.69) is 0 Å². The molecule has 0 spiro atoms. The number of hydrogen-bond acceptors (Lipinski definition) is 1. The van der Waals surface area contributed by atoms with Gasteiger partial charge in [0.25, 0.3) is 0 Å². The Labute approximate surface area is 84.7 Å². The lowest BCUT2D eigenvalue weighted by Crippen LogP contribution is -2.20. The van der Waals surface area contributed by atoms with Crippen LogP contribution in [0.2, 0.25) is 5.02 Å². The number of nitrogens with two attached hydrogens (primary N) is 1. The fraction of sp³-hybridized carbons (Fsp3) is 0.333. The number of hydrogen-bond donors (Lipinski definition) is 1. The third-order valence-electron chi connectivity index (χ3n) is 1.94. The van der Waals surface area contributed by atoms with Crippen LogP contribution in [0, 0.1) is 5.82 Å². The molecule has 0 saturated heterocycles. The van der Waals surface area contributed by atoms with Crippen molar-refractivity contribution >= 4 is 11.6 Å². The first-order valence-corrected chi connectivity index (χ1v) is 4.37. The van der Waals surface area contributed by atoms with E-state index >= 15 is 0 Å². The molecular formula is C9H9ClF3N. The lowest BCUT2D eigenvalue weighted by atomic mass is 9.99. The molecule has 14 heavy (non-hydrogen) atoms. The normalized spacial score (nSPS) is 13.3. The van der Waals surface area contributed by atoms with Gasteiger partial charge in [0.05, 0.1) is 10.9 Å². The summed E-state index contributed by atoms with van der Waals surface area (Å²) in [7, 11) is 0. The van der Waals surface area contributed by atoms with Gasteiger partial charge in [-0.15, -0.1) is 0 Å². The zero-order valence-corrected chi connectivity index (χ0v) is 7.94. The molecule has 1 atom stereocenters. The molecule has 0 fully saturated rings. The summed E-state index contributed by atoms with van der Waals surface area (Å²) >= 11 is 5.46. The summed E-state index contributed by atoms with van der Waals surface area (Å²) in [5, 5.41) is -0.165. The van der Waals surface area contributed by atoms with E-state index < -0.39 is 18.2 Å². The van der Waals surface area contributed by atoms with Crippen LogP contribution in [0.1, 0.15) is 11.5 Å². The summed E-state index contributed by atoms with van der Waals surface area (Å²) in [4.78, 5) is 0. The number of alkyl halides is 2. The van der Waals surface area contributed by atoms with Gasteiger partial charge in [0.15, 0.2) is 0 Å². The molecule has 0 heterocycles. The van der Waals surface area contributed by atoms with E-state index in [-0.39, 0.29) is 17.1 Å². The third-order valence-corrected chi connectivity index (χ3v) is 2.23. The maximum atomic E-state index is 13.3. The predicted octanol–water partition coefficient (Wildman–Crippen LogP) is 2.79. The Morgan fingerprint density at radius 2 is 2.00 bits per heavy atom. The van der Waals surface area contributed by atoms with E-state index in [0.29, 0.717) is 0 Å². The van der Waals surface area contributed by atoms with Crippen LogP contribution in [0.25, 0.3) is 0 Å². The van der Waals surface area contributed by atoms with Crippen LogP contribution < -0.4 is 5.73 Å². The lowest BCUT2D eigenvalue weighted by molar-refractivity contribution is 0.115. The van der Waals surface area contributed by atoms with Crippen molar-refractivity contribution in [1.82, 2.24) is 0 Å². The van der Waals surface area contributed by atoms with Gasteiger partial charge in [0.2, 0.25) is 6.43 Å². The maximum absolute atomic E-state index is 13.3. The molecule has 1 unspecified atom stereocenters. The van der Waals surface area contributed by atoms with Crippen molar-refractivity contribution < 1.29 is 13.2 Å². The van der Waals surface area contributed by atoms with Crippen LogP contribution in [-0.4, -0.2) is 13.0 Å². The van der Waals surface area contributed by atoms with Gasteiger partial charge in [-0.25, -0.2) is 13.2 Å². The molecule has 0 aliphatic rings. The van der Waals surface area contributed by atoms with Gasteiger partial charge in [0.1, 0.15) is 5.82 Å². The van der Waals surface area contributed by atoms with Crippen LogP contribution in [0.4, 0.5) is 13.2 Å². The van der Waals surface area contributed by atoms with E-state index in [0.717, 1.165) is 0 Å². The molecular weight excluding hydrogens is 215 g/mol. The zero-order valence-electron chi connectivity index (χ0n) is 7.18. The highest BCUT2D eigenvalue weighted by molar-refractivity contribution is 6.30. The Balaban J connectivity index is 3.10. The minimum absolute atomic E-state index is 0.130. The third kappa shape index (κ3) is 2.19. The highest BCUT2D eigenvalue weighted by Gasteiger charge is 2.24. The number of benzene rings is 1. The Kier molecular flexibility index (Phi) is 3.77. The monoisotopic (exact) mass is 223 g/mol. The van der Waals surface area contributed by atoms with Crippen LogP contribution in [0.5, 0.6) is 0 Å². The predicted molar refractivity (Wildman–Crippen MR) is 49.2 cm³/mol. The summed E-state index contributed by atoms with van der Waals surface area (Å²) in [6, 6.07) is 4.00. The van der Waals surface area contributed by atoms with Crippen molar-refractivity contribution in [1.29, 1.82) is 0 Å². The minimum Gasteiger partial charge on any atom is -0.330 e. The summed E-state index contributed by atoms with van der Waals surface area (Å²) in [5.74, 6) is -2.11. The quantitative estimate of drug-likeness (QED) is 0.838. The zero-order chi connectivity index (χ0) is 10.7. The van der Waals surface area contributed by atoms with Crippen LogP contribution >= 0.6 is 11.6 Å². The molecule has 0 amide bonds. The first kappa shape index (κ1) is 11.3. The van der Waals surface area contributed by atoms with Gasteiger partial charge >= 0.3 is 0 Å². The van der Waals surface area contributed by atoms with E-state index in [1.54, 1.807) is 0 Å². The van der Waals surface area contributed by atoms with Gasteiger partial charge < -0.3 is 5.73 Å². The fourth-order valence-corrected chi connectivity index (χ4v) is 1.35. The standard InChI is InChI=1S/C9H9ClF3N/c10-7-3-1-2-5(8(7)11)6(4-14)9(12)13/h1-3,6,9H,4,14H2. The van der Waals surface area contributed by atoms with Crippen molar-refractivity contribution in [3.8, 4) is 0 Å². The van der Waals surface area contributed by atoms with Crippen LogP contribution in [-0.2, 0) is 0 Å². The molecule has 0 aliphatic heterocycles. The second-order valence-electron chi connectivity index (χ2n) is 2.82. The molecule has 0 aromatic heterocycles. The topological polar surface area (TPSA) is 26.0 Å². The molecule has 1 aromatic carbocycles. The summed E-state index contributed by atoms with van der Waals surface area (Å²) < 4.78 is 38.1. The highest BCUT2D eigenvalue weighted by atomic mass is 35.5. The smallest absolute Gasteiger partial charge is 0.246 e.